The summed E-state index contributed by atoms with van der Waals surface area (Å²) in [6, 6.07) is 15.5. The third kappa shape index (κ3) is 2.35. The van der Waals surface area contributed by atoms with E-state index < -0.39 is 11.6 Å². The molecule has 2 aromatic carbocycles. The van der Waals surface area contributed by atoms with Crippen LogP contribution in [0.3, 0.4) is 0 Å². The molecule has 0 aliphatic rings. The Balaban J connectivity index is 2.68. The smallest absolute Gasteiger partial charge is 0.345 e. The van der Waals surface area contributed by atoms with Crippen LogP contribution in [0.25, 0.3) is 0 Å². The van der Waals surface area contributed by atoms with Crippen LogP contribution in [-0.4, -0.2) is 18.2 Å². The number of hydrogen-bond acceptors (Lipinski definition) is 2. The molecule has 0 bridgehead atoms. The number of rotatable bonds is 4. The monoisotopic (exact) mass is 276 g/mol. The number of carboxylic acids is 1. The normalized spacial score (nSPS) is 13.8. The van der Waals surface area contributed by atoms with Gasteiger partial charge in [0, 0.05) is 17.7 Å². The quantitative estimate of drug-likeness (QED) is 0.932. The molecule has 0 amide bonds. The van der Waals surface area contributed by atoms with Crippen molar-refractivity contribution in [2.45, 2.75) is 5.60 Å². The Morgan fingerprint density at radius 1 is 1.11 bits per heavy atom. The third-order valence-electron chi connectivity index (χ3n) is 3.02. The molecule has 0 saturated heterocycles. The minimum atomic E-state index is -1.55. The summed E-state index contributed by atoms with van der Waals surface area (Å²) in [4.78, 5) is 11.8. The molecule has 19 heavy (non-hydrogen) atoms. The summed E-state index contributed by atoms with van der Waals surface area (Å²) >= 11 is 5.95. The summed E-state index contributed by atoms with van der Waals surface area (Å²) < 4.78 is 5.37. The van der Waals surface area contributed by atoms with E-state index in [-0.39, 0.29) is 0 Å². The van der Waals surface area contributed by atoms with Crippen molar-refractivity contribution in [2.75, 3.05) is 7.11 Å². The van der Waals surface area contributed by atoms with E-state index in [0.29, 0.717) is 16.1 Å². The molecular weight excluding hydrogens is 264 g/mol. The molecule has 0 fully saturated rings. The number of hydrogen-bond donors (Lipinski definition) is 1. The average Bonchev–Trinajstić information content (AvgIpc) is 2.41. The molecule has 0 aliphatic heterocycles. The summed E-state index contributed by atoms with van der Waals surface area (Å²) in [6.45, 7) is 0. The second-order valence-electron chi connectivity index (χ2n) is 4.07. The molecule has 0 heterocycles. The maximum atomic E-state index is 11.8. The molecular formula is C15H13ClO3. The maximum Gasteiger partial charge on any atom is 0.345 e. The van der Waals surface area contributed by atoms with Crippen LogP contribution in [0.4, 0.5) is 0 Å². The van der Waals surface area contributed by atoms with Crippen LogP contribution in [0.5, 0.6) is 0 Å². The standard InChI is InChI=1S/C15H13ClO3/c1-19-15(14(17)18,11-6-3-2-4-7-11)12-8-5-9-13(16)10-12/h2-10H,1H3,(H,17,18). The number of carboxylic acid groups (broad SMARTS) is 1. The third-order valence-corrected chi connectivity index (χ3v) is 3.25. The highest BCUT2D eigenvalue weighted by molar-refractivity contribution is 6.30. The van der Waals surface area contributed by atoms with Crippen LogP contribution in [0.15, 0.2) is 54.6 Å². The van der Waals surface area contributed by atoms with E-state index >= 15 is 0 Å². The molecule has 98 valence electrons. The first-order valence-corrected chi connectivity index (χ1v) is 6.09. The van der Waals surface area contributed by atoms with Crippen LogP contribution in [0.1, 0.15) is 11.1 Å². The van der Waals surface area contributed by atoms with Gasteiger partial charge in [-0.2, -0.15) is 0 Å². The number of carbonyl (C=O) groups is 1. The second kappa shape index (κ2) is 5.43. The summed E-state index contributed by atoms with van der Waals surface area (Å²) in [5.41, 5.74) is -0.514. The topological polar surface area (TPSA) is 46.5 Å². The van der Waals surface area contributed by atoms with E-state index in [9.17, 15) is 9.90 Å². The summed E-state index contributed by atoms with van der Waals surface area (Å²) in [5.74, 6) is -1.08. The number of benzene rings is 2. The van der Waals surface area contributed by atoms with Gasteiger partial charge in [0.1, 0.15) is 0 Å². The highest BCUT2D eigenvalue weighted by atomic mass is 35.5. The van der Waals surface area contributed by atoms with Crippen molar-refractivity contribution in [1.29, 1.82) is 0 Å². The molecule has 2 aromatic rings. The van der Waals surface area contributed by atoms with Gasteiger partial charge in [-0.25, -0.2) is 4.79 Å². The SMILES string of the molecule is COC(C(=O)O)(c1ccccc1)c1cccc(Cl)c1. The van der Waals surface area contributed by atoms with Crippen molar-refractivity contribution < 1.29 is 14.6 Å². The van der Waals surface area contributed by atoms with E-state index in [4.69, 9.17) is 16.3 Å². The zero-order valence-corrected chi connectivity index (χ0v) is 11.1. The van der Waals surface area contributed by atoms with Gasteiger partial charge < -0.3 is 9.84 Å². The molecule has 2 rings (SSSR count). The van der Waals surface area contributed by atoms with Crippen LogP contribution in [0, 0.1) is 0 Å². The maximum absolute atomic E-state index is 11.8. The Labute approximate surface area is 116 Å². The lowest BCUT2D eigenvalue weighted by atomic mass is 9.86. The fraction of sp³-hybridized carbons (Fsp3) is 0.133. The molecule has 1 N–H and O–H groups in total. The van der Waals surface area contributed by atoms with Crippen LogP contribution >= 0.6 is 11.6 Å². The minimum absolute atomic E-state index is 0.469. The van der Waals surface area contributed by atoms with E-state index in [2.05, 4.69) is 0 Å². The fourth-order valence-corrected chi connectivity index (χ4v) is 2.31. The first kappa shape index (κ1) is 13.6. The first-order valence-electron chi connectivity index (χ1n) is 5.71. The van der Waals surface area contributed by atoms with Gasteiger partial charge in [-0.05, 0) is 17.7 Å². The van der Waals surface area contributed by atoms with E-state index in [0.717, 1.165) is 0 Å². The van der Waals surface area contributed by atoms with Crippen molar-refractivity contribution >= 4 is 17.6 Å². The highest BCUT2D eigenvalue weighted by Gasteiger charge is 2.42. The number of halogens is 1. The number of aliphatic carboxylic acids is 1. The Morgan fingerprint density at radius 2 is 1.74 bits per heavy atom. The Hall–Kier alpha value is -1.84. The summed E-state index contributed by atoms with van der Waals surface area (Å²) in [6.07, 6.45) is 0. The molecule has 0 saturated carbocycles. The van der Waals surface area contributed by atoms with Gasteiger partial charge in [-0.1, -0.05) is 54.1 Å². The molecule has 3 nitrogen and oxygen atoms in total. The van der Waals surface area contributed by atoms with E-state index in [1.165, 1.54) is 7.11 Å². The molecule has 1 atom stereocenters. The first-order chi connectivity index (χ1) is 9.11. The number of methoxy groups -OCH3 is 1. The van der Waals surface area contributed by atoms with Gasteiger partial charge in [0.2, 0.25) is 5.60 Å². The average molecular weight is 277 g/mol. The largest absolute Gasteiger partial charge is 0.479 e. The van der Waals surface area contributed by atoms with E-state index in [1.807, 2.05) is 6.07 Å². The van der Waals surface area contributed by atoms with Crippen molar-refractivity contribution in [1.82, 2.24) is 0 Å². The minimum Gasteiger partial charge on any atom is -0.479 e. The highest BCUT2D eigenvalue weighted by Crippen LogP contribution is 2.34. The van der Waals surface area contributed by atoms with Crippen LogP contribution < -0.4 is 0 Å². The lowest BCUT2D eigenvalue weighted by Crippen LogP contribution is -2.39. The van der Waals surface area contributed by atoms with Gasteiger partial charge in [-0.3, -0.25) is 0 Å². The van der Waals surface area contributed by atoms with Crippen molar-refractivity contribution in [3.8, 4) is 0 Å². The Bertz CT molecular complexity index is 583. The predicted molar refractivity (Wildman–Crippen MR) is 73.3 cm³/mol. The summed E-state index contributed by atoms with van der Waals surface area (Å²) in [5, 5.41) is 10.1. The van der Waals surface area contributed by atoms with Crippen molar-refractivity contribution in [3.05, 3.63) is 70.7 Å². The zero-order valence-electron chi connectivity index (χ0n) is 10.3. The van der Waals surface area contributed by atoms with Crippen molar-refractivity contribution in [3.63, 3.8) is 0 Å². The van der Waals surface area contributed by atoms with Crippen LogP contribution in [0.2, 0.25) is 5.02 Å². The molecule has 0 aromatic heterocycles. The van der Waals surface area contributed by atoms with Crippen molar-refractivity contribution in [2.24, 2.45) is 0 Å². The molecule has 0 spiro atoms. The fourth-order valence-electron chi connectivity index (χ4n) is 2.12. The molecule has 0 aliphatic carbocycles. The second-order valence-corrected chi connectivity index (χ2v) is 4.50. The Morgan fingerprint density at radius 3 is 2.26 bits per heavy atom. The predicted octanol–water partition coefficient (Wildman–Crippen LogP) is 3.31. The van der Waals surface area contributed by atoms with Crippen LogP contribution in [-0.2, 0) is 15.1 Å². The summed E-state index contributed by atoms with van der Waals surface area (Å²) in [7, 11) is 1.38. The number of ether oxygens (including phenoxy) is 1. The Kier molecular flexibility index (Phi) is 3.88. The van der Waals surface area contributed by atoms with Gasteiger partial charge in [0.05, 0.1) is 0 Å². The zero-order chi connectivity index (χ0) is 13.9. The molecule has 0 radical (unpaired) electrons. The lowest BCUT2D eigenvalue weighted by molar-refractivity contribution is -0.158. The molecule has 4 heteroatoms. The van der Waals surface area contributed by atoms with Gasteiger partial charge in [0.15, 0.2) is 0 Å². The van der Waals surface area contributed by atoms with Gasteiger partial charge in [-0.15, -0.1) is 0 Å². The van der Waals surface area contributed by atoms with Gasteiger partial charge in [0.25, 0.3) is 0 Å². The van der Waals surface area contributed by atoms with Gasteiger partial charge >= 0.3 is 5.97 Å². The lowest BCUT2D eigenvalue weighted by Gasteiger charge is -2.29. The molecule has 1 unspecified atom stereocenters. The van der Waals surface area contributed by atoms with E-state index in [1.54, 1.807) is 48.5 Å².